The lowest BCUT2D eigenvalue weighted by Gasteiger charge is -2.08. The number of carbonyl (C=O) groups is 2. The molecular weight excluding hydrogens is 266 g/mol. The number of carboxylic acid groups (broad SMARTS) is 1. The monoisotopic (exact) mass is 274 g/mol. The zero-order chi connectivity index (χ0) is 14.3. The molecule has 2 heterocycles. The molecule has 2 aromatic rings. The van der Waals surface area contributed by atoms with Crippen LogP contribution >= 0.6 is 0 Å². The highest BCUT2D eigenvalue weighted by Gasteiger charge is 2.31. The number of H-pyrrole nitrogens is 1. The molecule has 0 spiro atoms. The Morgan fingerprint density at radius 2 is 2.05 bits per heavy atom. The van der Waals surface area contributed by atoms with Gasteiger partial charge in [0.1, 0.15) is 5.69 Å². The topological polar surface area (TPSA) is 130 Å². The third kappa shape index (κ3) is 1.83. The van der Waals surface area contributed by atoms with Crippen molar-refractivity contribution in [1.82, 2.24) is 9.97 Å². The van der Waals surface area contributed by atoms with E-state index in [9.17, 15) is 14.7 Å². The predicted octanol–water partition coefficient (Wildman–Crippen LogP) is -0.658. The highest BCUT2D eigenvalue weighted by Crippen LogP contribution is 2.40. The van der Waals surface area contributed by atoms with Gasteiger partial charge in [0, 0.05) is 5.56 Å². The van der Waals surface area contributed by atoms with E-state index >= 15 is 0 Å². The summed E-state index contributed by atoms with van der Waals surface area (Å²) in [4.78, 5) is 28.5. The second kappa shape index (κ2) is 4.26. The van der Waals surface area contributed by atoms with Gasteiger partial charge in [0.25, 0.3) is 12.2 Å². The fourth-order valence-electron chi connectivity index (χ4n) is 1.88. The Balaban J connectivity index is 1.92. The third-order valence-electron chi connectivity index (χ3n) is 2.79. The van der Waals surface area contributed by atoms with Gasteiger partial charge in [-0.05, 0) is 18.2 Å². The second-order valence-corrected chi connectivity index (χ2v) is 4.05. The second-order valence-electron chi connectivity index (χ2n) is 4.05. The van der Waals surface area contributed by atoms with Crippen LogP contribution in [0.4, 0.5) is 0 Å². The predicted molar refractivity (Wildman–Crippen MR) is 61.9 cm³/mol. The highest BCUT2D eigenvalue weighted by molar-refractivity contribution is 5.92. The first-order valence-corrected chi connectivity index (χ1v) is 5.58. The number of primary amides is 1. The van der Waals surface area contributed by atoms with Gasteiger partial charge < -0.3 is 30.1 Å². The number of aromatic amines is 1. The fraction of sp³-hybridized carbons (Fsp3) is 0.0833. The van der Waals surface area contributed by atoms with E-state index in [0.717, 1.165) is 0 Å². The number of nitrogens with two attached hydrogens (primary N) is 1. The van der Waals surface area contributed by atoms with Crippen molar-refractivity contribution in [2.45, 2.75) is 6.29 Å². The number of carbonyl (C=O) groups excluding carboxylic acids is 2. The molecule has 0 aliphatic carbocycles. The van der Waals surface area contributed by atoms with E-state index < -0.39 is 18.2 Å². The minimum Gasteiger partial charge on any atom is -0.545 e. The first-order chi connectivity index (χ1) is 9.56. The summed E-state index contributed by atoms with van der Waals surface area (Å²) in [7, 11) is 0. The SMILES string of the molecule is NC(=O)c1nc[nH]c1C1Oc2ccc(C(=O)[O-])cc2O1. The van der Waals surface area contributed by atoms with Gasteiger partial charge in [0.2, 0.25) is 0 Å². The lowest BCUT2D eigenvalue weighted by molar-refractivity contribution is -0.255. The summed E-state index contributed by atoms with van der Waals surface area (Å²) in [5, 5.41) is 10.8. The van der Waals surface area contributed by atoms with Crippen LogP contribution in [0.1, 0.15) is 32.8 Å². The van der Waals surface area contributed by atoms with Crippen LogP contribution in [0.15, 0.2) is 24.5 Å². The molecule has 0 fully saturated rings. The van der Waals surface area contributed by atoms with Crippen molar-refractivity contribution in [3.8, 4) is 11.5 Å². The van der Waals surface area contributed by atoms with E-state index in [4.69, 9.17) is 15.2 Å². The number of benzene rings is 1. The van der Waals surface area contributed by atoms with Crippen LogP contribution in [0, 0.1) is 0 Å². The molecule has 3 N–H and O–H groups in total. The van der Waals surface area contributed by atoms with E-state index in [1.165, 1.54) is 24.5 Å². The van der Waals surface area contributed by atoms with E-state index in [1.807, 2.05) is 0 Å². The number of nitrogens with zero attached hydrogens (tertiary/aromatic N) is 1. The maximum absolute atomic E-state index is 11.2. The van der Waals surface area contributed by atoms with Crippen molar-refractivity contribution in [3.63, 3.8) is 0 Å². The molecule has 1 aromatic heterocycles. The van der Waals surface area contributed by atoms with Crippen LogP contribution in [0.5, 0.6) is 11.5 Å². The fourth-order valence-corrected chi connectivity index (χ4v) is 1.88. The highest BCUT2D eigenvalue weighted by atomic mass is 16.7. The molecule has 3 rings (SSSR count). The zero-order valence-electron chi connectivity index (χ0n) is 9.95. The molecule has 0 saturated heterocycles. The van der Waals surface area contributed by atoms with Crippen molar-refractivity contribution in [3.05, 3.63) is 41.5 Å². The number of hydrogen-bond acceptors (Lipinski definition) is 6. The molecule has 1 aliphatic rings. The number of amides is 1. The summed E-state index contributed by atoms with van der Waals surface area (Å²) in [5.74, 6) is -1.45. The van der Waals surface area contributed by atoms with Crippen LogP contribution in [0.25, 0.3) is 0 Å². The summed E-state index contributed by atoms with van der Waals surface area (Å²) in [6.45, 7) is 0. The summed E-state index contributed by atoms with van der Waals surface area (Å²) in [6.07, 6.45) is 0.351. The quantitative estimate of drug-likeness (QED) is 0.764. The van der Waals surface area contributed by atoms with Gasteiger partial charge in [-0.1, -0.05) is 0 Å². The minimum absolute atomic E-state index is 0.00271. The van der Waals surface area contributed by atoms with Crippen molar-refractivity contribution < 1.29 is 24.2 Å². The van der Waals surface area contributed by atoms with Crippen molar-refractivity contribution in [2.24, 2.45) is 5.73 Å². The number of imidazole rings is 1. The maximum atomic E-state index is 11.2. The number of fused-ring (bicyclic) bond motifs is 1. The van der Waals surface area contributed by atoms with Crippen molar-refractivity contribution in [2.75, 3.05) is 0 Å². The summed E-state index contributed by atoms with van der Waals surface area (Å²) in [5.41, 5.74) is 5.41. The molecule has 0 saturated carbocycles. The number of carboxylic acids is 1. The summed E-state index contributed by atoms with van der Waals surface area (Å²) in [6, 6.07) is 4.06. The zero-order valence-corrected chi connectivity index (χ0v) is 9.95. The Bertz CT molecular complexity index is 709. The van der Waals surface area contributed by atoms with Crippen LogP contribution in [0.2, 0.25) is 0 Å². The third-order valence-corrected chi connectivity index (χ3v) is 2.79. The Kier molecular flexibility index (Phi) is 2.56. The van der Waals surface area contributed by atoms with Crippen molar-refractivity contribution in [1.29, 1.82) is 0 Å². The van der Waals surface area contributed by atoms with Crippen LogP contribution < -0.4 is 20.3 Å². The Labute approximate surface area is 112 Å². The maximum Gasteiger partial charge on any atom is 0.285 e. The molecule has 8 nitrogen and oxygen atoms in total. The molecule has 102 valence electrons. The molecule has 0 bridgehead atoms. The molecule has 0 radical (unpaired) electrons. The number of hydrogen-bond donors (Lipinski definition) is 2. The normalized spacial score (nSPS) is 16.1. The molecule has 1 aromatic carbocycles. The van der Waals surface area contributed by atoms with Gasteiger partial charge in [-0.15, -0.1) is 0 Å². The Morgan fingerprint density at radius 1 is 1.30 bits per heavy atom. The summed E-state index contributed by atoms with van der Waals surface area (Å²) >= 11 is 0. The van der Waals surface area contributed by atoms with Gasteiger partial charge in [0.15, 0.2) is 17.2 Å². The molecule has 1 aliphatic heterocycles. The van der Waals surface area contributed by atoms with Gasteiger partial charge >= 0.3 is 0 Å². The molecule has 1 amide bonds. The average Bonchev–Trinajstić information content (AvgIpc) is 3.03. The Morgan fingerprint density at radius 3 is 2.75 bits per heavy atom. The Hall–Kier alpha value is -3.03. The van der Waals surface area contributed by atoms with E-state index in [1.54, 1.807) is 0 Å². The first kappa shape index (κ1) is 12.0. The molecule has 1 atom stereocenters. The van der Waals surface area contributed by atoms with Gasteiger partial charge in [-0.2, -0.15) is 0 Å². The smallest absolute Gasteiger partial charge is 0.285 e. The average molecular weight is 274 g/mol. The largest absolute Gasteiger partial charge is 0.545 e. The molecule has 1 unspecified atom stereocenters. The van der Waals surface area contributed by atoms with Gasteiger partial charge in [0.05, 0.1) is 12.3 Å². The molecule has 8 heteroatoms. The van der Waals surface area contributed by atoms with Gasteiger partial charge in [-0.25, -0.2) is 4.98 Å². The van der Waals surface area contributed by atoms with Crippen molar-refractivity contribution >= 4 is 11.9 Å². The molecule has 20 heavy (non-hydrogen) atoms. The number of nitrogens with one attached hydrogen (secondary N) is 1. The lowest BCUT2D eigenvalue weighted by Crippen LogP contribution is -2.21. The van der Waals surface area contributed by atoms with E-state index in [-0.39, 0.29) is 22.7 Å². The summed E-state index contributed by atoms with van der Waals surface area (Å²) < 4.78 is 10.9. The minimum atomic E-state index is -1.32. The molecular formula is C12H8N3O5-. The standard InChI is InChI=1S/C12H9N3O5/c13-10(16)8-9(15-4-14-8)12-19-6-2-1-5(11(17)18)3-7(6)20-12/h1-4,12H,(H2,13,16)(H,14,15)(H,17,18)/p-1. The van der Waals surface area contributed by atoms with E-state index in [2.05, 4.69) is 9.97 Å². The van der Waals surface area contributed by atoms with Gasteiger partial charge in [-0.3, -0.25) is 4.79 Å². The number of rotatable bonds is 3. The first-order valence-electron chi connectivity index (χ1n) is 5.58. The van der Waals surface area contributed by atoms with Crippen LogP contribution in [-0.2, 0) is 0 Å². The lowest BCUT2D eigenvalue weighted by atomic mass is 10.2. The van der Waals surface area contributed by atoms with Crippen LogP contribution in [0.3, 0.4) is 0 Å². The van der Waals surface area contributed by atoms with E-state index in [0.29, 0.717) is 5.75 Å². The number of aromatic nitrogens is 2. The number of ether oxygens (including phenoxy) is 2. The number of aromatic carboxylic acids is 1. The van der Waals surface area contributed by atoms with Crippen LogP contribution in [-0.4, -0.2) is 21.8 Å².